The topological polar surface area (TPSA) is 49.9 Å². The maximum Gasteiger partial charge on any atom is 0.345 e. The van der Waals surface area contributed by atoms with E-state index in [4.69, 9.17) is 0 Å². The summed E-state index contributed by atoms with van der Waals surface area (Å²) in [5, 5.41) is 3.29. The zero-order valence-corrected chi connectivity index (χ0v) is 13.3. The Morgan fingerprint density at radius 1 is 1.32 bits per heavy atom. The highest BCUT2D eigenvalue weighted by atomic mass is 79.9. The third kappa shape index (κ3) is 3.71. The summed E-state index contributed by atoms with van der Waals surface area (Å²) in [6.45, 7) is -1.97. The summed E-state index contributed by atoms with van der Waals surface area (Å²) < 4.78 is 29.5. The van der Waals surface area contributed by atoms with E-state index in [1.54, 1.807) is 6.20 Å². The van der Waals surface area contributed by atoms with E-state index in [1.165, 1.54) is 0 Å². The molecule has 1 aliphatic rings. The van der Waals surface area contributed by atoms with Crippen LogP contribution in [0.3, 0.4) is 0 Å². The van der Waals surface area contributed by atoms with Gasteiger partial charge in [0.25, 0.3) is 0 Å². The van der Waals surface area contributed by atoms with Crippen molar-refractivity contribution in [3.8, 4) is 11.3 Å². The monoisotopic (exact) mass is 371 g/mol. The van der Waals surface area contributed by atoms with Crippen molar-refractivity contribution in [1.29, 1.82) is 0 Å². The van der Waals surface area contributed by atoms with E-state index in [9.17, 15) is 8.78 Å². The van der Waals surface area contributed by atoms with Crippen LogP contribution in [0.25, 0.3) is 11.3 Å². The van der Waals surface area contributed by atoms with Gasteiger partial charge in [0.15, 0.2) is 0 Å². The predicted molar refractivity (Wildman–Crippen MR) is 82.5 cm³/mol. The number of hydrogen-bond donors (Lipinski definition) is 2. The Morgan fingerprint density at radius 3 is 2.82 bits per heavy atom. The van der Waals surface area contributed by atoms with E-state index in [-0.39, 0.29) is 18.6 Å². The normalized spacial score (nSPS) is 21.6. The smallest absolute Gasteiger partial charge is 0.341 e. The van der Waals surface area contributed by atoms with Crippen molar-refractivity contribution in [2.75, 3.05) is 13.2 Å². The molecule has 7 heteroatoms. The first-order valence-electron chi connectivity index (χ1n) is 7.06. The average molecular weight is 372 g/mol. The van der Waals surface area contributed by atoms with Crippen LogP contribution in [0.1, 0.15) is 18.3 Å². The Hall–Kier alpha value is -1.31. The molecule has 0 radical (unpaired) electrons. The molecule has 0 bridgehead atoms. The van der Waals surface area contributed by atoms with Crippen LogP contribution in [-0.2, 0) is 4.74 Å². The molecule has 1 aromatic heterocycles. The van der Waals surface area contributed by atoms with E-state index < -0.39 is 6.61 Å². The summed E-state index contributed by atoms with van der Waals surface area (Å²) in [4.78, 5) is 7.71. The zero-order chi connectivity index (χ0) is 15.5. The third-order valence-electron chi connectivity index (χ3n) is 3.76. The molecule has 2 unspecified atom stereocenters. The number of ether oxygens (including phenoxy) is 1. The van der Waals surface area contributed by atoms with E-state index in [0.717, 1.165) is 28.0 Å². The highest BCUT2D eigenvalue weighted by molar-refractivity contribution is 9.10. The number of hydrogen-bond acceptors (Lipinski definition) is 3. The fourth-order valence-corrected chi connectivity index (χ4v) is 2.91. The summed E-state index contributed by atoms with van der Waals surface area (Å²) in [5.74, 6) is 0.915. The maximum absolute atomic E-state index is 12.1. The third-order valence-corrected chi connectivity index (χ3v) is 4.29. The lowest BCUT2D eigenvalue weighted by molar-refractivity contribution is -0.136. The number of benzene rings is 1. The van der Waals surface area contributed by atoms with Gasteiger partial charge in [-0.15, -0.1) is 0 Å². The molecule has 1 saturated heterocycles. The Balaban J connectivity index is 1.63. The molecule has 0 spiro atoms. The molecule has 2 aromatic rings. The Bertz CT molecular complexity index is 618. The first kappa shape index (κ1) is 15.6. The Morgan fingerprint density at radius 2 is 2.09 bits per heavy atom. The van der Waals surface area contributed by atoms with E-state index >= 15 is 0 Å². The van der Waals surface area contributed by atoms with Crippen LogP contribution in [0.4, 0.5) is 8.78 Å². The van der Waals surface area contributed by atoms with Crippen LogP contribution in [0.2, 0.25) is 0 Å². The molecule has 22 heavy (non-hydrogen) atoms. The quantitative estimate of drug-likeness (QED) is 0.841. The summed E-state index contributed by atoms with van der Waals surface area (Å²) >= 11 is 3.41. The van der Waals surface area contributed by atoms with Crippen LogP contribution in [0.15, 0.2) is 34.9 Å². The van der Waals surface area contributed by atoms with Crippen LogP contribution in [-0.4, -0.2) is 29.7 Å². The molecular weight excluding hydrogens is 356 g/mol. The number of imidazole rings is 1. The van der Waals surface area contributed by atoms with Gasteiger partial charge in [-0.05, 0) is 30.0 Å². The second kappa shape index (κ2) is 6.85. The maximum atomic E-state index is 12.1. The van der Waals surface area contributed by atoms with Crippen LogP contribution < -0.4 is 5.32 Å². The van der Waals surface area contributed by atoms with Gasteiger partial charge in [-0.1, -0.05) is 28.1 Å². The van der Waals surface area contributed by atoms with Crippen molar-refractivity contribution >= 4 is 15.9 Å². The molecule has 0 saturated carbocycles. The van der Waals surface area contributed by atoms with Crippen LogP contribution in [0.5, 0.6) is 0 Å². The van der Waals surface area contributed by atoms with Gasteiger partial charge in [-0.3, -0.25) is 0 Å². The second-order valence-electron chi connectivity index (χ2n) is 5.35. The fourth-order valence-electron chi connectivity index (χ4n) is 2.64. The summed E-state index contributed by atoms with van der Waals surface area (Å²) in [6.07, 6.45) is 2.53. The molecule has 3 rings (SSSR count). The van der Waals surface area contributed by atoms with Crippen molar-refractivity contribution in [3.63, 3.8) is 0 Å². The summed E-state index contributed by atoms with van der Waals surface area (Å²) in [7, 11) is 0. The van der Waals surface area contributed by atoms with Crippen LogP contribution in [0, 0.1) is 5.92 Å². The number of nitrogens with one attached hydrogen (secondary N) is 2. The minimum Gasteiger partial charge on any atom is -0.341 e. The minimum atomic E-state index is -2.70. The largest absolute Gasteiger partial charge is 0.345 e. The molecule has 2 heterocycles. The van der Waals surface area contributed by atoms with Gasteiger partial charge in [0, 0.05) is 11.0 Å². The van der Waals surface area contributed by atoms with Gasteiger partial charge >= 0.3 is 6.61 Å². The lowest BCUT2D eigenvalue weighted by Crippen LogP contribution is -2.17. The van der Waals surface area contributed by atoms with Gasteiger partial charge in [0.05, 0.1) is 24.5 Å². The van der Waals surface area contributed by atoms with Crippen molar-refractivity contribution in [1.82, 2.24) is 15.3 Å². The number of aromatic nitrogens is 2. The molecule has 2 N–H and O–H groups in total. The number of alkyl halides is 2. The Kier molecular flexibility index (Phi) is 4.85. The molecule has 1 aliphatic heterocycles. The molecular formula is C15H16BrF2N3O. The highest BCUT2D eigenvalue weighted by Gasteiger charge is 2.28. The van der Waals surface area contributed by atoms with Gasteiger partial charge in [0.1, 0.15) is 5.82 Å². The van der Waals surface area contributed by atoms with Crippen molar-refractivity contribution < 1.29 is 13.5 Å². The fraction of sp³-hybridized carbons (Fsp3) is 0.400. The Labute approximate surface area is 135 Å². The SMILES string of the molecule is FC(F)OCC1CNC(c2ncc(-c3ccc(Br)cc3)[nH]2)C1. The first-order valence-corrected chi connectivity index (χ1v) is 7.85. The summed E-state index contributed by atoms with van der Waals surface area (Å²) in [6, 6.07) is 8.00. The molecule has 0 aliphatic carbocycles. The van der Waals surface area contributed by atoms with Crippen LogP contribution >= 0.6 is 15.9 Å². The van der Waals surface area contributed by atoms with E-state index in [1.807, 2.05) is 24.3 Å². The average Bonchev–Trinajstić information content (AvgIpc) is 3.15. The van der Waals surface area contributed by atoms with E-state index in [2.05, 4.69) is 36.0 Å². The number of rotatable bonds is 5. The predicted octanol–water partition coefficient (Wildman–Crippen LogP) is 3.73. The second-order valence-corrected chi connectivity index (χ2v) is 6.26. The number of H-pyrrole nitrogens is 1. The molecule has 4 nitrogen and oxygen atoms in total. The highest BCUT2D eigenvalue weighted by Crippen LogP contribution is 2.28. The lowest BCUT2D eigenvalue weighted by Gasteiger charge is -2.09. The molecule has 118 valence electrons. The summed E-state index contributed by atoms with van der Waals surface area (Å²) in [5.41, 5.74) is 1.99. The first-order chi connectivity index (χ1) is 10.6. The van der Waals surface area contributed by atoms with Crippen molar-refractivity contribution in [2.45, 2.75) is 19.1 Å². The molecule has 1 aromatic carbocycles. The van der Waals surface area contributed by atoms with Gasteiger partial charge in [0.2, 0.25) is 0 Å². The van der Waals surface area contributed by atoms with Gasteiger partial charge < -0.3 is 15.0 Å². The van der Waals surface area contributed by atoms with Crippen molar-refractivity contribution in [3.05, 3.63) is 40.8 Å². The minimum absolute atomic E-state index is 0.0514. The zero-order valence-electron chi connectivity index (χ0n) is 11.7. The number of halogens is 3. The molecule has 2 atom stereocenters. The molecule has 1 fully saturated rings. The van der Waals surface area contributed by atoms with E-state index in [0.29, 0.717) is 6.54 Å². The standard InChI is InChI=1S/C15H16BrF2N3O/c16-11-3-1-10(2-4-11)13-7-20-14(21-13)12-5-9(6-19-12)8-22-15(17)18/h1-4,7,9,12,15,19H,5-6,8H2,(H,20,21). The lowest BCUT2D eigenvalue weighted by atomic mass is 10.1. The molecule has 0 amide bonds. The number of nitrogens with zero attached hydrogens (tertiary/aromatic N) is 1. The van der Waals surface area contributed by atoms with Gasteiger partial charge in [-0.2, -0.15) is 8.78 Å². The van der Waals surface area contributed by atoms with Crippen molar-refractivity contribution in [2.24, 2.45) is 5.92 Å². The van der Waals surface area contributed by atoms with Gasteiger partial charge in [-0.25, -0.2) is 4.98 Å². The number of aromatic amines is 1.